The van der Waals surface area contributed by atoms with E-state index in [1.54, 1.807) is 10.9 Å². The Morgan fingerprint density at radius 2 is 2.54 bits per heavy atom. The van der Waals surface area contributed by atoms with E-state index in [4.69, 9.17) is 11.6 Å². The van der Waals surface area contributed by atoms with E-state index in [0.29, 0.717) is 0 Å². The maximum atomic E-state index is 11.0. The van der Waals surface area contributed by atoms with Crippen molar-refractivity contribution in [1.82, 2.24) is 15.1 Å². The van der Waals surface area contributed by atoms with Crippen molar-refractivity contribution in [2.75, 3.05) is 5.88 Å². The number of carbonyl (C=O) groups excluding carboxylic acids is 1. The van der Waals surface area contributed by atoms with E-state index in [-0.39, 0.29) is 17.8 Å². The molecule has 0 aliphatic carbocycles. The lowest BCUT2D eigenvalue weighted by Gasteiger charge is -2.12. The Balaban J connectivity index is 2.63. The summed E-state index contributed by atoms with van der Waals surface area (Å²) in [5, 5.41) is 6.74. The van der Waals surface area contributed by atoms with Crippen LogP contribution in [-0.2, 0) is 11.8 Å². The summed E-state index contributed by atoms with van der Waals surface area (Å²) in [6, 6.07) is 1.80. The van der Waals surface area contributed by atoms with Crippen LogP contribution in [0.25, 0.3) is 0 Å². The summed E-state index contributed by atoms with van der Waals surface area (Å²) in [6.07, 6.45) is 1.69. The fourth-order valence-electron chi connectivity index (χ4n) is 1.16. The van der Waals surface area contributed by atoms with Crippen LogP contribution >= 0.6 is 11.6 Å². The predicted molar refractivity (Wildman–Crippen MR) is 50.5 cm³/mol. The molecule has 1 amide bonds. The molecule has 0 aliphatic heterocycles. The second-order valence-corrected chi connectivity index (χ2v) is 3.07. The zero-order valence-electron chi connectivity index (χ0n) is 7.62. The quantitative estimate of drug-likeness (QED) is 0.737. The minimum absolute atomic E-state index is 0.0117. The van der Waals surface area contributed by atoms with Crippen molar-refractivity contribution in [3.63, 3.8) is 0 Å². The average Bonchev–Trinajstić information content (AvgIpc) is 2.51. The molecule has 1 aromatic heterocycles. The number of rotatable bonds is 3. The van der Waals surface area contributed by atoms with Crippen LogP contribution in [0, 0.1) is 0 Å². The van der Waals surface area contributed by atoms with Crippen LogP contribution in [0.5, 0.6) is 0 Å². The summed E-state index contributed by atoms with van der Waals surface area (Å²) in [4.78, 5) is 11.0. The SMILES string of the molecule is C[C@H](NC(=O)CCl)c1ccnn1C. The normalized spacial score (nSPS) is 12.5. The van der Waals surface area contributed by atoms with E-state index in [1.807, 2.05) is 20.0 Å². The van der Waals surface area contributed by atoms with Crippen LogP contribution in [0.15, 0.2) is 12.3 Å². The zero-order chi connectivity index (χ0) is 9.84. The highest BCUT2D eigenvalue weighted by molar-refractivity contribution is 6.27. The van der Waals surface area contributed by atoms with Crippen molar-refractivity contribution in [2.45, 2.75) is 13.0 Å². The van der Waals surface area contributed by atoms with Gasteiger partial charge < -0.3 is 5.32 Å². The van der Waals surface area contributed by atoms with Gasteiger partial charge in [-0.15, -0.1) is 11.6 Å². The van der Waals surface area contributed by atoms with E-state index in [0.717, 1.165) is 5.69 Å². The summed E-state index contributed by atoms with van der Waals surface area (Å²) >= 11 is 5.36. The molecule has 1 heterocycles. The molecule has 0 bridgehead atoms. The monoisotopic (exact) mass is 201 g/mol. The van der Waals surface area contributed by atoms with Gasteiger partial charge in [-0.25, -0.2) is 0 Å². The second-order valence-electron chi connectivity index (χ2n) is 2.80. The fraction of sp³-hybridized carbons (Fsp3) is 0.500. The van der Waals surface area contributed by atoms with Gasteiger partial charge in [-0.2, -0.15) is 5.10 Å². The van der Waals surface area contributed by atoms with Gasteiger partial charge in [0.1, 0.15) is 5.88 Å². The Bertz CT molecular complexity index is 297. The highest BCUT2D eigenvalue weighted by Gasteiger charge is 2.10. The third-order valence-electron chi connectivity index (χ3n) is 1.80. The summed E-state index contributed by atoms with van der Waals surface area (Å²) in [6.45, 7) is 1.89. The molecule has 1 aromatic rings. The van der Waals surface area contributed by atoms with Gasteiger partial charge >= 0.3 is 0 Å². The summed E-state index contributed by atoms with van der Waals surface area (Å²) in [7, 11) is 1.83. The van der Waals surface area contributed by atoms with Crippen LogP contribution in [0.2, 0.25) is 0 Å². The van der Waals surface area contributed by atoms with Crippen molar-refractivity contribution in [2.24, 2.45) is 7.05 Å². The van der Waals surface area contributed by atoms with Crippen LogP contribution in [0.3, 0.4) is 0 Å². The van der Waals surface area contributed by atoms with Gasteiger partial charge in [-0.1, -0.05) is 0 Å². The standard InChI is InChI=1S/C8H12ClN3O/c1-6(11-8(13)5-9)7-3-4-10-12(7)2/h3-4,6H,5H2,1-2H3,(H,11,13)/t6-/m0/s1. The molecule has 1 N–H and O–H groups in total. The third kappa shape index (κ3) is 2.45. The molecule has 1 atom stereocenters. The number of aromatic nitrogens is 2. The summed E-state index contributed by atoms with van der Waals surface area (Å²) in [5.74, 6) is -0.183. The van der Waals surface area contributed by atoms with Gasteiger partial charge in [0.05, 0.1) is 11.7 Å². The Morgan fingerprint density at radius 3 is 3.00 bits per heavy atom. The first-order valence-corrected chi connectivity index (χ1v) is 4.52. The largest absolute Gasteiger partial charge is 0.347 e. The molecule has 0 aromatic carbocycles. The molecular formula is C8H12ClN3O. The minimum Gasteiger partial charge on any atom is -0.347 e. The number of halogens is 1. The maximum Gasteiger partial charge on any atom is 0.235 e. The molecule has 0 saturated carbocycles. The maximum absolute atomic E-state index is 11.0. The minimum atomic E-state index is -0.171. The molecule has 5 heteroatoms. The number of hydrogen-bond acceptors (Lipinski definition) is 2. The lowest BCUT2D eigenvalue weighted by molar-refractivity contribution is -0.119. The smallest absolute Gasteiger partial charge is 0.235 e. The fourth-order valence-corrected chi connectivity index (χ4v) is 1.24. The number of nitrogens with zero attached hydrogens (tertiary/aromatic N) is 2. The van der Waals surface area contributed by atoms with E-state index in [1.165, 1.54) is 0 Å². The topological polar surface area (TPSA) is 46.9 Å². The van der Waals surface area contributed by atoms with E-state index in [2.05, 4.69) is 10.4 Å². The molecule has 0 fully saturated rings. The van der Waals surface area contributed by atoms with Crippen molar-refractivity contribution in [1.29, 1.82) is 0 Å². The van der Waals surface area contributed by atoms with Crippen LogP contribution < -0.4 is 5.32 Å². The number of alkyl halides is 1. The molecule has 4 nitrogen and oxygen atoms in total. The number of aryl methyl sites for hydroxylation is 1. The van der Waals surface area contributed by atoms with Crippen molar-refractivity contribution in [3.8, 4) is 0 Å². The number of nitrogens with one attached hydrogen (secondary N) is 1. The Morgan fingerprint density at radius 1 is 1.85 bits per heavy atom. The molecule has 0 saturated heterocycles. The number of carbonyl (C=O) groups is 1. The van der Waals surface area contributed by atoms with Gasteiger partial charge in [-0.05, 0) is 13.0 Å². The lowest BCUT2D eigenvalue weighted by Crippen LogP contribution is -2.28. The molecule has 13 heavy (non-hydrogen) atoms. The summed E-state index contributed by atoms with van der Waals surface area (Å²) in [5.41, 5.74) is 0.957. The molecule has 1 rings (SSSR count). The third-order valence-corrected chi connectivity index (χ3v) is 2.04. The lowest BCUT2D eigenvalue weighted by atomic mass is 10.2. The van der Waals surface area contributed by atoms with Crippen LogP contribution in [0.4, 0.5) is 0 Å². The van der Waals surface area contributed by atoms with Gasteiger partial charge in [0.2, 0.25) is 5.91 Å². The molecule has 72 valence electrons. The first-order chi connectivity index (χ1) is 6.15. The molecule has 0 radical (unpaired) electrons. The predicted octanol–water partition coefficient (Wildman–Crippen LogP) is 0.836. The molecule has 0 spiro atoms. The summed E-state index contributed by atoms with van der Waals surface area (Å²) < 4.78 is 1.72. The zero-order valence-corrected chi connectivity index (χ0v) is 8.38. The van der Waals surface area contributed by atoms with E-state index in [9.17, 15) is 4.79 Å². The number of amides is 1. The highest BCUT2D eigenvalue weighted by atomic mass is 35.5. The molecule has 0 aliphatic rings. The van der Waals surface area contributed by atoms with Crippen molar-refractivity contribution in [3.05, 3.63) is 18.0 Å². The van der Waals surface area contributed by atoms with Crippen LogP contribution in [0.1, 0.15) is 18.7 Å². The van der Waals surface area contributed by atoms with Crippen molar-refractivity contribution >= 4 is 17.5 Å². The van der Waals surface area contributed by atoms with E-state index >= 15 is 0 Å². The Hall–Kier alpha value is -1.03. The molecular weight excluding hydrogens is 190 g/mol. The second kappa shape index (κ2) is 4.28. The van der Waals surface area contributed by atoms with Gasteiger partial charge in [-0.3, -0.25) is 9.48 Å². The van der Waals surface area contributed by atoms with Gasteiger partial charge in [0.15, 0.2) is 0 Å². The first kappa shape index (κ1) is 10.1. The molecule has 0 unspecified atom stereocenters. The average molecular weight is 202 g/mol. The van der Waals surface area contributed by atoms with Gasteiger partial charge in [0.25, 0.3) is 0 Å². The van der Waals surface area contributed by atoms with Gasteiger partial charge in [0, 0.05) is 13.2 Å². The number of hydrogen-bond donors (Lipinski definition) is 1. The Labute approximate surface area is 81.9 Å². The van der Waals surface area contributed by atoms with Crippen LogP contribution in [-0.4, -0.2) is 21.6 Å². The Kier molecular flexibility index (Phi) is 3.31. The van der Waals surface area contributed by atoms with Crippen molar-refractivity contribution < 1.29 is 4.79 Å². The first-order valence-electron chi connectivity index (χ1n) is 3.98. The highest BCUT2D eigenvalue weighted by Crippen LogP contribution is 2.09. The van der Waals surface area contributed by atoms with E-state index < -0.39 is 0 Å².